The molecule has 0 spiro atoms. The van der Waals surface area contributed by atoms with Crippen LogP contribution >= 0.6 is 0 Å². The van der Waals surface area contributed by atoms with Crippen molar-refractivity contribution >= 4 is 40.0 Å². The topological polar surface area (TPSA) is 145 Å². The summed E-state index contributed by atoms with van der Waals surface area (Å²) in [5.74, 6) is -1.11. The molecule has 0 radical (unpaired) electrons. The van der Waals surface area contributed by atoms with E-state index >= 15 is 0 Å². The van der Waals surface area contributed by atoms with E-state index in [4.69, 9.17) is 5.73 Å². The predicted octanol–water partition coefficient (Wildman–Crippen LogP) is 2.23. The second kappa shape index (κ2) is 9.96. The molecule has 7 N–H and O–H groups in total. The number of hydrogen-bond acceptors (Lipinski definition) is 5. The number of imide groups is 1. The molecule has 2 aromatic heterocycles. The molecule has 4 rings (SSSR count). The zero-order chi connectivity index (χ0) is 25.9. The molecule has 0 unspecified atom stereocenters. The summed E-state index contributed by atoms with van der Waals surface area (Å²) in [5, 5.41) is 10.6. The van der Waals surface area contributed by atoms with Gasteiger partial charge in [-0.1, -0.05) is 36.4 Å². The van der Waals surface area contributed by atoms with Crippen LogP contribution in [0.5, 0.6) is 0 Å². The van der Waals surface area contributed by atoms with Crippen LogP contribution in [0.15, 0.2) is 60.9 Å². The minimum absolute atomic E-state index is 0.276. The quantitative estimate of drug-likeness (QED) is 0.150. The maximum absolute atomic E-state index is 13.4. The van der Waals surface area contributed by atoms with Gasteiger partial charge in [-0.25, -0.2) is 0 Å². The van der Waals surface area contributed by atoms with Crippen LogP contribution in [0.3, 0.4) is 0 Å². The van der Waals surface area contributed by atoms with Gasteiger partial charge in [0.15, 0.2) is 0 Å². The molecule has 2 atom stereocenters. The molecule has 9 heteroatoms. The lowest BCUT2D eigenvalue weighted by Gasteiger charge is -2.34. The van der Waals surface area contributed by atoms with Crippen molar-refractivity contribution in [1.29, 1.82) is 0 Å². The lowest BCUT2D eigenvalue weighted by molar-refractivity contribution is -0.134. The Morgan fingerprint density at radius 2 is 1.50 bits per heavy atom. The van der Waals surface area contributed by atoms with Crippen molar-refractivity contribution in [3.63, 3.8) is 0 Å². The smallest absolute Gasteiger partial charge is 0.246 e. The number of aromatic amines is 2. The molecule has 188 valence electrons. The first kappa shape index (κ1) is 25.2. The van der Waals surface area contributed by atoms with Crippen molar-refractivity contribution in [1.82, 2.24) is 25.9 Å². The third-order valence-electron chi connectivity index (χ3n) is 6.33. The summed E-state index contributed by atoms with van der Waals surface area (Å²) in [6.07, 6.45) is 5.02. The second-order valence-corrected chi connectivity index (χ2v) is 9.93. The Kier molecular flexibility index (Phi) is 6.96. The Morgan fingerprint density at radius 1 is 0.944 bits per heavy atom. The van der Waals surface area contributed by atoms with Crippen molar-refractivity contribution in [2.75, 3.05) is 0 Å². The average Bonchev–Trinajstić information content (AvgIpc) is 3.42. The highest BCUT2D eigenvalue weighted by atomic mass is 16.2. The maximum Gasteiger partial charge on any atom is 0.246 e. The van der Waals surface area contributed by atoms with Crippen molar-refractivity contribution in [3.8, 4) is 0 Å². The van der Waals surface area contributed by atoms with Crippen LogP contribution in [0, 0.1) is 0 Å². The Hall–Kier alpha value is -3.95. The van der Waals surface area contributed by atoms with Gasteiger partial charge in [-0.15, -0.1) is 0 Å². The van der Waals surface area contributed by atoms with E-state index in [1.807, 2.05) is 67.8 Å². The van der Waals surface area contributed by atoms with Gasteiger partial charge in [0.05, 0.1) is 17.2 Å². The average molecular weight is 489 g/mol. The normalized spacial score (nSPS) is 14.3. The number of aromatic nitrogens is 2. The van der Waals surface area contributed by atoms with Crippen LogP contribution in [-0.4, -0.2) is 45.4 Å². The van der Waals surface area contributed by atoms with E-state index in [0.717, 1.165) is 32.9 Å². The SMILES string of the molecule is CC(C)(N)C(=O)NC(=O)[C@@H](Cc1c[nH]c2ccccc12)N[C@@](C)(Cc1c[nH]c2ccccc12)NC=O. The molecule has 2 heterocycles. The van der Waals surface area contributed by atoms with E-state index in [9.17, 15) is 14.4 Å². The number of hydrogen-bond donors (Lipinski definition) is 6. The molecular weight excluding hydrogens is 456 g/mol. The molecule has 3 amide bonds. The van der Waals surface area contributed by atoms with Gasteiger partial charge in [0.2, 0.25) is 18.2 Å². The van der Waals surface area contributed by atoms with Gasteiger partial charge in [-0.2, -0.15) is 0 Å². The van der Waals surface area contributed by atoms with Crippen molar-refractivity contribution in [2.45, 2.75) is 50.9 Å². The van der Waals surface area contributed by atoms with Gasteiger partial charge in [-0.3, -0.25) is 25.0 Å². The van der Waals surface area contributed by atoms with Crippen molar-refractivity contribution in [3.05, 3.63) is 72.1 Å². The molecule has 9 nitrogen and oxygen atoms in total. The first-order valence-electron chi connectivity index (χ1n) is 11.8. The van der Waals surface area contributed by atoms with Gasteiger partial charge in [0.1, 0.15) is 0 Å². The number of H-pyrrole nitrogens is 2. The summed E-state index contributed by atoms with van der Waals surface area (Å²) in [4.78, 5) is 44.0. The molecule has 0 aliphatic heterocycles. The zero-order valence-electron chi connectivity index (χ0n) is 20.6. The van der Waals surface area contributed by atoms with Gasteiger partial charge in [0, 0.05) is 40.6 Å². The van der Waals surface area contributed by atoms with E-state index in [2.05, 4.69) is 25.9 Å². The van der Waals surface area contributed by atoms with Crippen LogP contribution in [0.4, 0.5) is 0 Å². The predicted molar refractivity (Wildman–Crippen MR) is 140 cm³/mol. The highest BCUT2D eigenvalue weighted by molar-refractivity contribution is 6.01. The van der Waals surface area contributed by atoms with Crippen LogP contribution in [0.2, 0.25) is 0 Å². The Morgan fingerprint density at radius 3 is 2.08 bits per heavy atom. The third-order valence-corrected chi connectivity index (χ3v) is 6.33. The van der Waals surface area contributed by atoms with Crippen LogP contribution in [0.25, 0.3) is 21.8 Å². The van der Waals surface area contributed by atoms with E-state index in [0.29, 0.717) is 12.8 Å². The van der Waals surface area contributed by atoms with E-state index < -0.39 is 29.1 Å². The minimum atomic E-state index is -1.23. The fourth-order valence-corrected chi connectivity index (χ4v) is 4.41. The molecule has 0 aliphatic rings. The minimum Gasteiger partial charge on any atom is -0.361 e. The molecule has 0 aliphatic carbocycles. The number of fused-ring (bicyclic) bond motifs is 2. The second-order valence-electron chi connectivity index (χ2n) is 9.93. The summed E-state index contributed by atoms with van der Waals surface area (Å²) in [6, 6.07) is 14.8. The molecule has 0 saturated heterocycles. The summed E-state index contributed by atoms with van der Waals surface area (Å²) in [5.41, 5.74) is 7.47. The number of nitrogens with one attached hydrogen (secondary N) is 5. The van der Waals surface area contributed by atoms with E-state index in [1.54, 1.807) is 0 Å². The summed E-state index contributed by atoms with van der Waals surface area (Å²) >= 11 is 0. The first-order valence-corrected chi connectivity index (χ1v) is 11.8. The summed E-state index contributed by atoms with van der Waals surface area (Å²) in [6.45, 7) is 4.88. The van der Waals surface area contributed by atoms with Crippen LogP contribution in [-0.2, 0) is 27.2 Å². The number of amides is 3. The molecule has 2 aromatic carbocycles. The number of rotatable bonds is 10. The number of nitrogens with two attached hydrogens (primary N) is 1. The number of para-hydroxylation sites is 2. The third kappa shape index (κ3) is 5.48. The summed E-state index contributed by atoms with van der Waals surface area (Å²) < 4.78 is 0. The zero-order valence-corrected chi connectivity index (χ0v) is 20.6. The van der Waals surface area contributed by atoms with Crippen LogP contribution < -0.4 is 21.7 Å². The van der Waals surface area contributed by atoms with Gasteiger partial charge >= 0.3 is 0 Å². The highest BCUT2D eigenvalue weighted by Gasteiger charge is 2.34. The fourth-order valence-electron chi connectivity index (χ4n) is 4.41. The molecule has 0 bridgehead atoms. The van der Waals surface area contributed by atoms with Crippen molar-refractivity contribution < 1.29 is 14.4 Å². The molecule has 4 aromatic rings. The number of carbonyl (C=O) groups excluding carboxylic acids is 3. The molecule has 0 fully saturated rings. The van der Waals surface area contributed by atoms with Crippen LogP contribution in [0.1, 0.15) is 31.9 Å². The largest absolute Gasteiger partial charge is 0.361 e. The van der Waals surface area contributed by atoms with Gasteiger partial charge in [-0.05, 0) is 50.5 Å². The standard InChI is InChI=1S/C27H32N6O3/c1-26(2,28)25(36)32-24(35)23(12-17-14-29-21-10-6-4-8-19(17)21)33-27(3,31-16-34)13-18-15-30-22-11-7-5-9-20(18)22/h4-11,14-16,23,29-30,33H,12-13,28H2,1-3H3,(H,31,34)(H,32,35,36)/t23-,27+/m1/s1. The molecule has 36 heavy (non-hydrogen) atoms. The van der Waals surface area contributed by atoms with Crippen molar-refractivity contribution in [2.24, 2.45) is 5.73 Å². The lowest BCUT2D eigenvalue weighted by Crippen LogP contribution is -2.64. The highest BCUT2D eigenvalue weighted by Crippen LogP contribution is 2.23. The van der Waals surface area contributed by atoms with E-state index in [1.165, 1.54) is 13.8 Å². The lowest BCUT2D eigenvalue weighted by atomic mass is 9.97. The maximum atomic E-state index is 13.4. The monoisotopic (exact) mass is 488 g/mol. The summed E-state index contributed by atoms with van der Waals surface area (Å²) in [7, 11) is 0. The van der Waals surface area contributed by atoms with Gasteiger partial charge < -0.3 is 21.0 Å². The number of benzene rings is 2. The number of carbonyl (C=O) groups is 3. The van der Waals surface area contributed by atoms with Gasteiger partial charge in [0.25, 0.3) is 0 Å². The molecular formula is C27H32N6O3. The molecule has 0 saturated carbocycles. The fraction of sp³-hybridized carbons (Fsp3) is 0.296. The van der Waals surface area contributed by atoms with E-state index in [-0.39, 0.29) is 6.42 Å². The first-order chi connectivity index (χ1) is 17.1. The Balaban J connectivity index is 1.65. The Labute approximate surface area is 209 Å². The Bertz CT molecular complexity index is 1400.